The molecule has 5 heteroatoms. The molecule has 64 valence electrons. The summed E-state index contributed by atoms with van der Waals surface area (Å²) in [5, 5.41) is 4.78. The van der Waals surface area contributed by atoms with Crippen LogP contribution in [0.1, 0.15) is 13.3 Å². The lowest BCUT2D eigenvalue weighted by atomic mass is 10.5. The highest BCUT2D eigenvalue weighted by Crippen LogP contribution is 1.78. The van der Waals surface area contributed by atoms with Gasteiger partial charge in [-0.25, -0.2) is 4.79 Å². The zero-order valence-electron chi connectivity index (χ0n) is 6.32. The van der Waals surface area contributed by atoms with Gasteiger partial charge in [-0.05, 0) is 6.42 Å². The summed E-state index contributed by atoms with van der Waals surface area (Å²) in [6, 6.07) is -0.434. The maximum atomic E-state index is 10.7. The Balaban J connectivity index is 3.44. The molecule has 0 atom stereocenters. The third-order valence-electron chi connectivity index (χ3n) is 0.910. The number of carbonyl (C=O) groups is 2. The van der Waals surface area contributed by atoms with Gasteiger partial charge in [0.2, 0.25) is 5.91 Å². The van der Waals surface area contributed by atoms with Gasteiger partial charge in [0.25, 0.3) is 0 Å². The van der Waals surface area contributed by atoms with E-state index < -0.39 is 6.03 Å². The van der Waals surface area contributed by atoms with Gasteiger partial charge in [-0.2, -0.15) is 0 Å². The quantitative estimate of drug-likeness (QED) is 0.689. The molecule has 0 aliphatic carbocycles. The van der Waals surface area contributed by atoms with Crippen molar-refractivity contribution in [2.45, 2.75) is 13.3 Å². The first kappa shape index (κ1) is 10.4. The van der Waals surface area contributed by atoms with E-state index in [0.29, 0.717) is 6.54 Å². The molecule has 11 heavy (non-hydrogen) atoms. The van der Waals surface area contributed by atoms with Crippen LogP contribution < -0.4 is 10.6 Å². The number of imide groups is 1. The fraction of sp³-hybridized carbons (Fsp3) is 0.667. The van der Waals surface area contributed by atoms with E-state index >= 15 is 0 Å². The number of rotatable bonds is 3. The highest BCUT2D eigenvalue weighted by Gasteiger charge is 2.02. The predicted molar refractivity (Wildman–Crippen MR) is 45.6 cm³/mol. The van der Waals surface area contributed by atoms with Gasteiger partial charge in [0, 0.05) is 6.54 Å². The normalized spacial score (nSPS) is 8.91. The lowest BCUT2D eigenvalue weighted by Crippen LogP contribution is -2.40. The summed E-state index contributed by atoms with van der Waals surface area (Å²) < 4.78 is 0. The average Bonchev–Trinajstić information content (AvgIpc) is 2.00. The van der Waals surface area contributed by atoms with Crippen molar-refractivity contribution >= 4 is 27.9 Å². The Bertz CT molecular complexity index is 150. The van der Waals surface area contributed by atoms with Crippen molar-refractivity contribution < 1.29 is 9.59 Å². The molecule has 2 N–H and O–H groups in total. The molecule has 0 saturated carbocycles. The number of hydrogen-bond acceptors (Lipinski definition) is 2. The smallest absolute Gasteiger partial charge is 0.321 e. The van der Waals surface area contributed by atoms with Crippen LogP contribution in [0.15, 0.2) is 0 Å². The minimum Gasteiger partial charge on any atom is -0.338 e. The van der Waals surface area contributed by atoms with Crippen LogP contribution in [0.4, 0.5) is 4.79 Å². The van der Waals surface area contributed by atoms with Gasteiger partial charge < -0.3 is 5.32 Å². The van der Waals surface area contributed by atoms with Crippen LogP contribution in [0.25, 0.3) is 0 Å². The van der Waals surface area contributed by atoms with Crippen molar-refractivity contribution in [3.8, 4) is 0 Å². The number of urea groups is 1. The van der Waals surface area contributed by atoms with Gasteiger partial charge in [0.1, 0.15) is 0 Å². The van der Waals surface area contributed by atoms with E-state index in [9.17, 15) is 9.59 Å². The van der Waals surface area contributed by atoms with E-state index in [-0.39, 0.29) is 11.2 Å². The topological polar surface area (TPSA) is 58.2 Å². The Hall–Kier alpha value is -0.580. The van der Waals surface area contributed by atoms with Crippen molar-refractivity contribution in [2.24, 2.45) is 0 Å². The first-order valence-electron chi connectivity index (χ1n) is 3.34. The number of nitrogens with one attached hydrogen (secondary N) is 2. The van der Waals surface area contributed by atoms with Crippen LogP contribution in [-0.2, 0) is 4.79 Å². The predicted octanol–water partition coefficient (Wildman–Crippen LogP) is 0.617. The second-order valence-corrected chi connectivity index (χ2v) is 2.50. The van der Waals surface area contributed by atoms with Gasteiger partial charge in [-0.15, -0.1) is 0 Å². The van der Waals surface area contributed by atoms with E-state index in [1.165, 1.54) is 0 Å². The molecule has 0 heterocycles. The molecule has 0 rings (SSSR count). The van der Waals surface area contributed by atoms with Gasteiger partial charge in [-0.1, -0.05) is 22.9 Å². The van der Waals surface area contributed by atoms with E-state index in [0.717, 1.165) is 6.42 Å². The minimum atomic E-state index is -0.434. The third kappa shape index (κ3) is 5.84. The molecule has 0 unspecified atom stereocenters. The largest absolute Gasteiger partial charge is 0.338 e. The maximum absolute atomic E-state index is 10.7. The number of halogens is 1. The number of alkyl halides is 1. The van der Waals surface area contributed by atoms with Crippen molar-refractivity contribution in [3.63, 3.8) is 0 Å². The summed E-state index contributed by atoms with van der Waals surface area (Å²) in [6.45, 7) is 2.52. The number of amides is 3. The highest BCUT2D eigenvalue weighted by molar-refractivity contribution is 9.09. The first-order chi connectivity index (χ1) is 5.20. The standard InChI is InChI=1S/C6H11BrN2O2/c1-2-3-8-6(11)9-5(10)4-7/h2-4H2,1H3,(H2,8,9,10,11). The van der Waals surface area contributed by atoms with E-state index in [2.05, 4.69) is 26.6 Å². The molecular weight excluding hydrogens is 212 g/mol. The van der Waals surface area contributed by atoms with Crippen LogP contribution in [0.5, 0.6) is 0 Å². The monoisotopic (exact) mass is 222 g/mol. The number of hydrogen-bond donors (Lipinski definition) is 2. The van der Waals surface area contributed by atoms with Crippen LogP contribution in [0, 0.1) is 0 Å². The highest BCUT2D eigenvalue weighted by atomic mass is 79.9. The summed E-state index contributed by atoms with van der Waals surface area (Å²) >= 11 is 2.92. The minimum absolute atomic E-state index is 0.145. The lowest BCUT2D eigenvalue weighted by molar-refractivity contribution is -0.117. The van der Waals surface area contributed by atoms with Crippen LogP contribution in [0.2, 0.25) is 0 Å². The molecule has 0 spiro atoms. The molecule has 0 aliphatic heterocycles. The van der Waals surface area contributed by atoms with Crippen LogP contribution in [0.3, 0.4) is 0 Å². The van der Waals surface area contributed by atoms with Gasteiger partial charge >= 0.3 is 6.03 Å². The van der Waals surface area contributed by atoms with Crippen molar-refractivity contribution in [2.75, 3.05) is 11.9 Å². The summed E-state index contributed by atoms with van der Waals surface area (Å²) in [4.78, 5) is 21.3. The molecule has 0 saturated heterocycles. The molecule has 4 nitrogen and oxygen atoms in total. The maximum Gasteiger partial charge on any atom is 0.321 e. The van der Waals surface area contributed by atoms with Crippen molar-refractivity contribution in [1.29, 1.82) is 0 Å². The molecule has 3 amide bonds. The zero-order chi connectivity index (χ0) is 8.69. The summed E-state index contributed by atoms with van der Waals surface area (Å²) in [6.07, 6.45) is 0.857. The molecular formula is C6H11BrN2O2. The fourth-order valence-corrected chi connectivity index (χ4v) is 0.583. The Kier molecular flexibility index (Phi) is 5.83. The van der Waals surface area contributed by atoms with E-state index in [1.807, 2.05) is 6.92 Å². The molecule has 0 bridgehead atoms. The first-order valence-corrected chi connectivity index (χ1v) is 4.46. The Morgan fingerprint density at radius 1 is 1.45 bits per heavy atom. The van der Waals surface area contributed by atoms with E-state index in [1.54, 1.807) is 0 Å². The molecule has 0 aromatic heterocycles. The summed E-state index contributed by atoms with van der Waals surface area (Å²) in [5.41, 5.74) is 0. The fourth-order valence-electron chi connectivity index (χ4n) is 0.443. The van der Waals surface area contributed by atoms with Crippen molar-refractivity contribution in [1.82, 2.24) is 10.6 Å². The molecule has 0 aromatic rings. The zero-order valence-corrected chi connectivity index (χ0v) is 7.90. The Labute approximate surface area is 73.9 Å². The molecule has 0 fully saturated rings. The van der Waals surface area contributed by atoms with Crippen LogP contribution in [-0.4, -0.2) is 23.8 Å². The summed E-state index contributed by atoms with van der Waals surface area (Å²) in [7, 11) is 0. The van der Waals surface area contributed by atoms with E-state index in [4.69, 9.17) is 0 Å². The third-order valence-corrected chi connectivity index (χ3v) is 1.42. The second-order valence-electron chi connectivity index (χ2n) is 1.94. The molecule has 0 aliphatic rings. The Morgan fingerprint density at radius 3 is 2.55 bits per heavy atom. The van der Waals surface area contributed by atoms with Crippen molar-refractivity contribution in [3.05, 3.63) is 0 Å². The lowest BCUT2D eigenvalue weighted by Gasteiger charge is -2.02. The number of carbonyl (C=O) groups excluding carboxylic acids is 2. The Morgan fingerprint density at radius 2 is 2.09 bits per heavy atom. The average molecular weight is 223 g/mol. The SMILES string of the molecule is CCCNC(=O)NC(=O)CBr. The molecule has 0 radical (unpaired) electrons. The van der Waals surface area contributed by atoms with Gasteiger partial charge in [0.05, 0.1) is 5.33 Å². The molecule has 0 aromatic carbocycles. The van der Waals surface area contributed by atoms with Gasteiger partial charge in [0.15, 0.2) is 0 Å². The second kappa shape index (κ2) is 6.15. The summed E-state index contributed by atoms with van der Waals surface area (Å²) in [5.74, 6) is -0.335. The van der Waals surface area contributed by atoms with Gasteiger partial charge in [-0.3, -0.25) is 10.1 Å². The van der Waals surface area contributed by atoms with Crippen LogP contribution >= 0.6 is 15.9 Å².